The standard InChI is InChI=1S/C28H42N4O9/c1-22(33)29-11-8-25(34)30-12-15-39-17-19-41-21-20-40-18-16-38-14-10-26(35)31-24-5-2-23(3-6-24)4-7-27(36)32-13-9-28(32)37/h2-3,5-6H,4,7-21H2,1H3,(H,29,33)(H,30,34)(H,31,35). The zero-order valence-corrected chi connectivity index (χ0v) is 23.7. The number of hydrogen-bond donors (Lipinski definition) is 3. The molecule has 1 fully saturated rings. The molecule has 1 heterocycles. The number of carbonyl (C=O) groups excluding carboxylic acids is 5. The van der Waals surface area contributed by atoms with E-state index in [-0.39, 0.29) is 55.4 Å². The van der Waals surface area contributed by atoms with Crippen LogP contribution in [0, 0.1) is 0 Å². The van der Waals surface area contributed by atoms with Gasteiger partial charge in [0, 0.05) is 51.5 Å². The molecule has 0 atom stereocenters. The molecule has 1 aromatic carbocycles. The molecule has 0 spiro atoms. The summed E-state index contributed by atoms with van der Waals surface area (Å²) in [5.74, 6) is -0.720. The summed E-state index contributed by atoms with van der Waals surface area (Å²) in [5, 5.41) is 8.07. The van der Waals surface area contributed by atoms with Crippen molar-refractivity contribution >= 4 is 35.2 Å². The van der Waals surface area contributed by atoms with E-state index in [2.05, 4.69) is 16.0 Å². The van der Waals surface area contributed by atoms with E-state index in [1.54, 1.807) is 12.1 Å². The highest BCUT2D eigenvalue weighted by Gasteiger charge is 2.29. The van der Waals surface area contributed by atoms with Crippen LogP contribution >= 0.6 is 0 Å². The van der Waals surface area contributed by atoms with Crippen molar-refractivity contribution in [1.82, 2.24) is 15.5 Å². The number of amides is 5. The van der Waals surface area contributed by atoms with E-state index in [0.29, 0.717) is 84.4 Å². The van der Waals surface area contributed by atoms with Crippen LogP contribution in [0.25, 0.3) is 0 Å². The molecule has 0 bridgehead atoms. The minimum atomic E-state index is -0.163. The van der Waals surface area contributed by atoms with Gasteiger partial charge in [0.2, 0.25) is 29.5 Å². The van der Waals surface area contributed by atoms with Gasteiger partial charge in [-0.3, -0.25) is 28.9 Å². The lowest BCUT2D eigenvalue weighted by Gasteiger charge is -2.28. The third-order valence-corrected chi connectivity index (χ3v) is 5.90. The summed E-state index contributed by atoms with van der Waals surface area (Å²) >= 11 is 0. The maximum Gasteiger partial charge on any atom is 0.230 e. The number of rotatable bonds is 22. The van der Waals surface area contributed by atoms with Crippen molar-refractivity contribution in [2.75, 3.05) is 77.8 Å². The summed E-state index contributed by atoms with van der Waals surface area (Å²) < 4.78 is 21.6. The van der Waals surface area contributed by atoms with Gasteiger partial charge >= 0.3 is 0 Å². The van der Waals surface area contributed by atoms with Crippen LogP contribution in [-0.2, 0) is 49.3 Å². The molecule has 0 aromatic heterocycles. The van der Waals surface area contributed by atoms with Crippen LogP contribution in [0.1, 0.15) is 38.2 Å². The molecule has 1 saturated heterocycles. The van der Waals surface area contributed by atoms with E-state index < -0.39 is 0 Å². The normalized spacial score (nSPS) is 12.5. The predicted octanol–water partition coefficient (Wildman–Crippen LogP) is 0.416. The van der Waals surface area contributed by atoms with E-state index in [0.717, 1.165) is 5.56 Å². The average molecular weight is 579 g/mol. The zero-order chi connectivity index (χ0) is 29.7. The molecule has 1 aliphatic heterocycles. The molecule has 41 heavy (non-hydrogen) atoms. The van der Waals surface area contributed by atoms with Crippen molar-refractivity contribution in [1.29, 1.82) is 0 Å². The Labute approximate surface area is 240 Å². The fourth-order valence-corrected chi connectivity index (χ4v) is 3.57. The molecular weight excluding hydrogens is 536 g/mol. The number of benzene rings is 1. The van der Waals surface area contributed by atoms with E-state index in [1.165, 1.54) is 11.8 Å². The second-order valence-electron chi connectivity index (χ2n) is 9.22. The van der Waals surface area contributed by atoms with Gasteiger partial charge in [-0.25, -0.2) is 0 Å². The molecule has 0 radical (unpaired) electrons. The smallest absolute Gasteiger partial charge is 0.230 e. The molecule has 1 aromatic rings. The van der Waals surface area contributed by atoms with Crippen molar-refractivity contribution in [2.45, 2.75) is 39.0 Å². The predicted molar refractivity (Wildman–Crippen MR) is 149 cm³/mol. The van der Waals surface area contributed by atoms with Gasteiger partial charge in [-0.15, -0.1) is 0 Å². The number of imide groups is 1. The highest BCUT2D eigenvalue weighted by molar-refractivity contribution is 5.99. The Morgan fingerprint density at radius 2 is 1.34 bits per heavy atom. The number of ether oxygens (including phenoxy) is 4. The summed E-state index contributed by atoms with van der Waals surface area (Å²) in [6, 6.07) is 7.28. The average Bonchev–Trinajstić information content (AvgIpc) is 2.93. The maximum atomic E-state index is 12.1. The summed E-state index contributed by atoms with van der Waals surface area (Å²) in [4.78, 5) is 58.9. The van der Waals surface area contributed by atoms with Crippen LogP contribution in [0.2, 0.25) is 0 Å². The van der Waals surface area contributed by atoms with Gasteiger partial charge in [0.25, 0.3) is 0 Å². The molecule has 13 nitrogen and oxygen atoms in total. The van der Waals surface area contributed by atoms with Crippen LogP contribution in [0.15, 0.2) is 24.3 Å². The lowest BCUT2D eigenvalue weighted by atomic mass is 10.1. The summed E-state index contributed by atoms with van der Waals surface area (Å²) in [6.07, 6.45) is 1.72. The van der Waals surface area contributed by atoms with Gasteiger partial charge in [0.05, 0.1) is 59.3 Å². The fraction of sp³-hybridized carbons (Fsp3) is 0.607. The molecule has 2 rings (SSSR count). The third-order valence-electron chi connectivity index (χ3n) is 5.90. The second-order valence-corrected chi connectivity index (χ2v) is 9.22. The molecule has 228 valence electrons. The van der Waals surface area contributed by atoms with Gasteiger partial charge in [-0.1, -0.05) is 12.1 Å². The Morgan fingerprint density at radius 1 is 0.732 bits per heavy atom. The number of hydrogen-bond acceptors (Lipinski definition) is 9. The van der Waals surface area contributed by atoms with Crippen LogP contribution < -0.4 is 16.0 Å². The largest absolute Gasteiger partial charge is 0.379 e. The first-order valence-electron chi connectivity index (χ1n) is 13.9. The quantitative estimate of drug-likeness (QED) is 0.131. The van der Waals surface area contributed by atoms with Crippen LogP contribution in [0.3, 0.4) is 0 Å². The molecule has 3 N–H and O–H groups in total. The van der Waals surface area contributed by atoms with Crippen molar-refractivity contribution in [3.63, 3.8) is 0 Å². The van der Waals surface area contributed by atoms with Crippen LogP contribution in [-0.4, -0.2) is 107 Å². The highest BCUT2D eigenvalue weighted by Crippen LogP contribution is 2.14. The van der Waals surface area contributed by atoms with Crippen molar-refractivity contribution in [2.24, 2.45) is 0 Å². The highest BCUT2D eigenvalue weighted by atomic mass is 16.6. The van der Waals surface area contributed by atoms with E-state index in [9.17, 15) is 24.0 Å². The van der Waals surface area contributed by atoms with Gasteiger partial charge in [-0.2, -0.15) is 0 Å². The molecule has 1 aliphatic rings. The molecular formula is C28H42N4O9. The minimum Gasteiger partial charge on any atom is -0.379 e. The zero-order valence-electron chi connectivity index (χ0n) is 23.7. The molecule has 0 aliphatic carbocycles. The Bertz CT molecular complexity index is 972. The van der Waals surface area contributed by atoms with E-state index >= 15 is 0 Å². The SMILES string of the molecule is CC(=O)NCCC(=O)NCCOCCOCCOCCOCCC(=O)Nc1ccc(CCC(=O)N2CCC2=O)cc1. The van der Waals surface area contributed by atoms with Gasteiger partial charge < -0.3 is 34.9 Å². The lowest BCUT2D eigenvalue weighted by Crippen LogP contribution is -2.47. The molecule has 0 unspecified atom stereocenters. The minimum absolute atomic E-state index is 0.107. The topological polar surface area (TPSA) is 162 Å². The van der Waals surface area contributed by atoms with E-state index in [1.807, 2.05) is 12.1 Å². The van der Waals surface area contributed by atoms with Gasteiger partial charge in [0.1, 0.15) is 0 Å². The number of nitrogens with one attached hydrogen (secondary N) is 3. The van der Waals surface area contributed by atoms with Gasteiger partial charge in [0.15, 0.2) is 0 Å². The number of β-lactam (4-membered cyclic amide) rings is 1. The van der Waals surface area contributed by atoms with Crippen molar-refractivity contribution in [3.8, 4) is 0 Å². The Kier molecular flexibility index (Phi) is 16.9. The second kappa shape index (κ2) is 20.5. The number of aryl methyl sites for hydroxylation is 1. The Hall–Kier alpha value is -3.39. The summed E-state index contributed by atoms with van der Waals surface area (Å²) in [5.41, 5.74) is 1.63. The number of anilines is 1. The first-order chi connectivity index (χ1) is 19.8. The first-order valence-corrected chi connectivity index (χ1v) is 13.9. The Balaban J connectivity index is 1.34. The summed E-state index contributed by atoms with van der Waals surface area (Å²) in [7, 11) is 0. The number of carbonyl (C=O) groups is 5. The fourth-order valence-electron chi connectivity index (χ4n) is 3.57. The number of likely N-dealkylation sites (tertiary alicyclic amines) is 1. The summed E-state index contributed by atoms with van der Waals surface area (Å²) in [6.45, 7) is 5.67. The van der Waals surface area contributed by atoms with E-state index in [4.69, 9.17) is 18.9 Å². The van der Waals surface area contributed by atoms with Crippen LogP contribution in [0.5, 0.6) is 0 Å². The van der Waals surface area contributed by atoms with Crippen molar-refractivity contribution < 1.29 is 42.9 Å². The molecule has 0 saturated carbocycles. The van der Waals surface area contributed by atoms with Crippen LogP contribution in [0.4, 0.5) is 5.69 Å². The Morgan fingerprint density at radius 3 is 1.90 bits per heavy atom. The van der Waals surface area contributed by atoms with Crippen molar-refractivity contribution in [3.05, 3.63) is 29.8 Å². The molecule has 13 heteroatoms. The number of nitrogens with zero attached hydrogens (tertiary/aromatic N) is 1. The van der Waals surface area contributed by atoms with Gasteiger partial charge in [-0.05, 0) is 24.1 Å². The molecule has 5 amide bonds. The monoisotopic (exact) mass is 578 g/mol. The lowest BCUT2D eigenvalue weighted by molar-refractivity contribution is -0.152. The third kappa shape index (κ3) is 15.8. The maximum absolute atomic E-state index is 12.1. The first kappa shape index (κ1) is 33.8.